The number of pyridine rings is 1. The second-order valence-corrected chi connectivity index (χ2v) is 8.03. The summed E-state index contributed by atoms with van der Waals surface area (Å²) >= 11 is 1.52. The van der Waals surface area contributed by atoms with Gasteiger partial charge in [-0.15, -0.1) is 11.3 Å². The third kappa shape index (κ3) is 3.83. The number of hydrogen-bond acceptors (Lipinski definition) is 10. The van der Waals surface area contributed by atoms with E-state index in [1.165, 1.54) is 11.3 Å². The van der Waals surface area contributed by atoms with Crippen molar-refractivity contribution >= 4 is 28.2 Å². The van der Waals surface area contributed by atoms with E-state index in [4.69, 9.17) is 9.51 Å². The summed E-state index contributed by atoms with van der Waals surface area (Å²) in [5, 5.41) is 19.5. The fraction of sp³-hybridized carbons (Fsp3) is 0.238. The lowest BCUT2D eigenvalue weighted by molar-refractivity contribution is 0.362. The highest BCUT2D eigenvalue weighted by Crippen LogP contribution is 2.37. The molecule has 31 heavy (non-hydrogen) atoms. The summed E-state index contributed by atoms with van der Waals surface area (Å²) in [7, 11) is 0. The molecule has 0 bridgehead atoms. The lowest BCUT2D eigenvalue weighted by Gasteiger charge is -2.23. The Bertz CT molecular complexity index is 1250. The fourth-order valence-corrected chi connectivity index (χ4v) is 4.25. The molecular weight excluding hydrogens is 412 g/mol. The number of nitrogens with zero attached hydrogens (tertiary/aromatic N) is 7. The summed E-state index contributed by atoms with van der Waals surface area (Å²) in [5.74, 6) is 2.06. The molecule has 0 amide bonds. The Labute approximate surface area is 182 Å². The molecule has 154 valence electrons. The number of thiazole rings is 1. The fourth-order valence-electron chi connectivity index (χ4n) is 3.72. The molecule has 9 nitrogen and oxygen atoms in total. The van der Waals surface area contributed by atoms with E-state index in [1.807, 2.05) is 30.5 Å². The molecule has 0 radical (unpaired) electrons. The second kappa shape index (κ2) is 8.12. The molecule has 5 rings (SSSR count). The van der Waals surface area contributed by atoms with E-state index in [1.54, 1.807) is 18.5 Å². The molecule has 0 spiro atoms. The predicted octanol–water partition coefficient (Wildman–Crippen LogP) is 4.25. The molecule has 1 N–H and O–H groups in total. The van der Waals surface area contributed by atoms with Crippen molar-refractivity contribution < 1.29 is 4.52 Å². The molecule has 1 fully saturated rings. The molecule has 0 saturated carbocycles. The summed E-state index contributed by atoms with van der Waals surface area (Å²) in [4.78, 5) is 19.9. The van der Waals surface area contributed by atoms with E-state index in [9.17, 15) is 5.26 Å². The monoisotopic (exact) mass is 430 g/mol. The van der Waals surface area contributed by atoms with Crippen molar-refractivity contribution in [1.29, 1.82) is 5.26 Å². The van der Waals surface area contributed by atoms with Gasteiger partial charge >= 0.3 is 0 Å². The van der Waals surface area contributed by atoms with E-state index in [0.29, 0.717) is 28.7 Å². The Kier molecular flexibility index (Phi) is 5.01. The van der Waals surface area contributed by atoms with E-state index in [-0.39, 0.29) is 6.04 Å². The van der Waals surface area contributed by atoms with Crippen LogP contribution in [0.5, 0.6) is 0 Å². The quantitative estimate of drug-likeness (QED) is 0.496. The average molecular weight is 430 g/mol. The first-order valence-electron chi connectivity index (χ1n) is 9.82. The lowest BCUT2D eigenvalue weighted by Crippen LogP contribution is -2.25. The second-order valence-electron chi connectivity index (χ2n) is 7.13. The van der Waals surface area contributed by atoms with Crippen molar-refractivity contribution in [2.75, 3.05) is 16.8 Å². The van der Waals surface area contributed by atoms with Gasteiger partial charge in [-0.1, -0.05) is 5.16 Å². The van der Waals surface area contributed by atoms with Crippen LogP contribution in [-0.2, 0) is 0 Å². The molecule has 1 saturated heterocycles. The van der Waals surface area contributed by atoms with Gasteiger partial charge in [-0.25, -0.2) is 15.0 Å². The van der Waals surface area contributed by atoms with Crippen molar-refractivity contribution in [2.24, 2.45) is 0 Å². The predicted molar refractivity (Wildman–Crippen MR) is 116 cm³/mol. The zero-order valence-electron chi connectivity index (χ0n) is 16.7. The van der Waals surface area contributed by atoms with Crippen LogP contribution in [-0.4, -0.2) is 31.6 Å². The van der Waals surface area contributed by atoms with Crippen LogP contribution in [0.2, 0.25) is 0 Å². The molecule has 1 aliphatic rings. The van der Waals surface area contributed by atoms with E-state index < -0.39 is 0 Å². The highest BCUT2D eigenvalue weighted by atomic mass is 32.1. The molecule has 1 atom stereocenters. The summed E-state index contributed by atoms with van der Waals surface area (Å²) in [6, 6.07) is 9.45. The third-order valence-electron chi connectivity index (χ3n) is 5.07. The lowest BCUT2D eigenvalue weighted by atomic mass is 10.1. The van der Waals surface area contributed by atoms with Gasteiger partial charge in [0.1, 0.15) is 23.3 Å². The zero-order valence-corrected chi connectivity index (χ0v) is 17.5. The number of rotatable bonds is 5. The Morgan fingerprint density at radius 1 is 1.26 bits per heavy atom. The van der Waals surface area contributed by atoms with Crippen LogP contribution >= 0.6 is 11.3 Å². The first-order valence-corrected chi connectivity index (χ1v) is 10.7. The van der Waals surface area contributed by atoms with Crippen LogP contribution in [0.1, 0.15) is 36.0 Å². The number of anilines is 3. The van der Waals surface area contributed by atoms with Crippen LogP contribution < -0.4 is 10.2 Å². The molecule has 0 aliphatic carbocycles. The van der Waals surface area contributed by atoms with Crippen molar-refractivity contribution in [3.8, 4) is 17.3 Å². The average Bonchev–Trinajstić information content (AvgIpc) is 3.54. The van der Waals surface area contributed by atoms with Gasteiger partial charge in [-0.2, -0.15) is 10.2 Å². The van der Waals surface area contributed by atoms with Gasteiger partial charge in [0.25, 0.3) is 0 Å². The maximum Gasteiger partial charge on any atom is 0.228 e. The highest BCUT2D eigenvalue weighted by molar-refractivity contribution is 7.13. The molecule has 4 aromatic rings. The van der Waals surface area contributed by atoms with Crippen molar-refractivity contribution in [3.05, 3.63) is 59.2 Å². The van der Waals surface area contributed by atoms with Crippen LogP contribution in [0.25, 0.3) is 11.3 Å². The van der Waals surface area contributed by atoms with Crippen molar-refractivity contribution in [1.82, 2.24) is 25.1 Å². The van der Waals surface area contributed by atoms with Gasteiger partial charge < -0.3 is 14.7 Å². The standard InChI is InChI=1S/C21H18N8OS/c1-13-10-19(27-21-24-7-9-31-21)26-20(25-13)29-8-3-5-17(29)18-11-15(28-30-18)14-4-2-6-23-16(14)12-22/h2,4,6-7,9-11,17H,3,5,8H2,1H3,(H,24,25,26,27)/t17-/m0/s1. The van der Waals surface area contributed by atoms with Gasteiger partial charge in [0.15, 0.2) is 10.9 Å². The largest absolute Gasteiger partial charge is 0.359 e. The topological polar surface area (TPSA) is 117 Å². The maximum absolute atomic E-state index is 9.33. The molecule has 1 aliphatic heterocycles. The van der Waals surface area contributed by atoms with Crippen LogP contribution in [0.15, 0.2) is 46.6 Å². The molecule has 0 aromatic carbocycles. The minimum absolute atomic E-state index is 0.0297. The van der Waals surface area contributed by atoms with E-state index in [2.05, 4.69) is 36.4 Å². The first kappa shape index (κ1) is 19.1. The molecule has 0 unspecified atom stereocenters. The summed E-state index contributed by atoms with van der Waals surface area (Å²) in [6.07, 6.45) is 5.23. The van der Waals surface area contributed by atoms with Gasteiger partial charge in [0.05, 0.1) is 6.04 Å². The van der Waals surface area contributed by atoms with Crippen molar-refractivity contribution in [3.63, 3.8) is 0 Å². The van der Waals surface area contributed by atoms with Gasteiger partial charge in [-0.05, 0) is 31.9 Å². The minimum atomic E-state index is -0.0297. The summed E-state index contributed by atoms with van der Waals surface area (Å²) < 4.78 is 5.69. The number of aromatic nitrogens is 5. The number of aryl methyl sites for hydroxylation is 1. The number of nitriles is 1. The Balaban J connectivity index is 1.44. The normalized spacial score (nSPS) is 15.7. The Morgan fingerprint density at radius 2 is 2.19 bits per heavy atom. The third-order valence-corrected chi connectivity index (χ3v) is 5.75. The van der Waals surface area contributed by atoms with Gasteiger partial charge in [0.2, 0.25) is 5.95 Å². The molecule has 10 heteroatoms. The highest BCUT2D eigenvalue weighted by Gasteiger charge is 2.32. The summed E-state index contributed by atoms with van der Waals surface area (Å²) in [6.45, 7) is 2.76. The number of nitrogens with one attached hydrogen (secondary N) is 1. The van der Waals surface area contributed by atoms with Gasteiger partial charge in [-0.3, -0.25) is 0 Å². The van der Waals surface area contributed by atoms with E-state index in [0.717, 1.165) is 36.0 Å². The zero-order chi connectivity index (χ0) is 21.2. The summed E-state index contributed by atoms with van der Waals surface area (Å²) in [5.41, 5.74) is 2.45. The van der Waals surface area contributed by atoms with Crippen LogP contribution in [0.3, 0.4) is 0 Å². The SMILES string of the molecule is Cc1cc(Nc2nccs2)nc(N2CCC[C@H]2c2cc(-c3cccnc3C#N)no2)n1. The smallest absolute Gasteiger partial charge is 0.228 e. The molecular formula is C21H18N8OS. The minimum Gasteiger partial charge on any atom is -0.359 e. The molecule has 5 heterocycles. The van der Waals surface area contributed by atoms with Crippen molar-refractivity contribution in [2.45, 2.75) is 25.8 Å². The molecule has 4 aromatic heterocycles. The number of hydrogen-bond donors (Lipinski definition) is 1. The first-order chi connectivity index (χ1) is 15.2. The Hall–Kier alpha value is -3.84. The Morgan fingerprint density at radius 3 is 3.03 bits per heavy atom. The van der Waals surface area contributed by atoms with Crippen LogP contribution in [0, 0.1) is 18.3 Å². The van der Waals surface area contributed by atoms with Gasteiger partial charge in [0, 0.05) is 47.7 Å². The van der Waals surface area contributed by atoms with Crippen LogP contribution in [0.4, 0.5) is 16.9 Å². The van der Waals surface area contributed by atoms with E-state index >= 15 is 0 Å². The maximum atomic E-state index is 9.33.